The third-order valence-electron chi connectivity index (χ3n) is 5.96. The molecule has 0 radical (unpaired) electrons. The molecule has 31 heavy (non-hydrogen) atoms. The van der Waals surface area contributed by atoms with Crippen LogP contribution in [0.5, 0.6) is 0 Å². The van der Waals surface area contributed by atoms with Crippen molar-refractivity contribution >= 4 is 5.69 Å². The molecule has 3 rings (SSSR count). The van der Waals surface area contributed by atoms with Gasteiger partial charge in [-0.3, -0.25) is 0 Å². The Morgan fingerprint density at radius 1 is 0.903 bits per heavy atom. The van der Waals surface area contributed by atoms with E-state index in [-0.39, 0.29) is 6.04 Å². The lowest BCUT2D eigenvalue weighted by Crippen LogP contribution is -2.22. The first kappa shape index (κ1) is 23.1. The fourth-order valence-electron chi connectivity index (χ4n) is 4.04. The summed E-state index contributed by atoms with van der Waals surface area (Å²) in [6.45, 7) is 9.55. The molecule has 4 nitrogen and oxygen atoms in total. The molecule has 0 unspecified atom stereocenters. The van der Waals surface area contributed by atoms with Gasteiger partial charge in [0, 0.05) is 37.1 Å². The van der Waals surface area contributed by atoms with E-state index in [1.54, 1.807) is 0 Å². The number of hydrogen-bond donors (Lipinski definition) is 2. The molecule has 0 saturated carbocycles. The zero-order valence-electron chi connectivity index (χ0n) is 19.4. The Morgan fingerprint density at radius 3 is 2.32 bits per heavy atom. The molecule has 0 aliphatic carbocycles. The minimum atomic E-state index is 0.237. The number of anilines is 1. The lowest BCUT2D eigenvalue weighted by atomic mass is 10.1. The van der Waals surface area contributed by atoms with Gasteiger partial charge in [0.1, 0.15) is 5.82 Å². The Balaban J connectivity index is 1.70. The molecule has 3 aromatic rings. The van der Waals surface area contributed by atoms with E-state index >= 15 is 0 Å². The van der Waals surface area contributed by atoms with Crippen molar-refractivity contribution in [2.24, 2.45) is 0 Å². The molecular formula is C27H38N4. The number of aromatic nitrogens is 2. The van der Waals surface area contributed by atoms with Gasteiger partial charge in [-0.15, -0.1) is 0 Å². The average Bonchev–Trinajstić information content (AvgIpc) is 3.31. The van der Waals surface area contributed by atoms with Crippen molar-refractivity contribution in [1.29, 1.82) is 0 Å². The first-order valence-corrected chi connectivity index (χ1v) is 11.9. The summed E-state index contributed by atoms with van der Waals surface area (Å²) in [5.41, 5.74) is 4.75. The topological polar surface area (TPSA) is 44.0 Å². The summed E-state index contributed by atoms with van der Waals surface area (Å²) < 4.78 is 0. The van der Waals surface area contributed by atoms with Gasteiger partial charge in [-0.25, -0.2) is 4.98 Å². The highest BCUT2D eigenvalue weighted by Gasteiger charge is 2.16. The maximum atomic E-state index is 4.98. The average molecular weight is 419 g/mol. The molecule has 1 atom stereocenters. The second-order valence-corrected chi connectivity index (χ2v) is 8.16. The summed E-state index contributed by atoms with van der Waals surface area (Å²) in [7, 11) is 0. The van der Waals surface area contributed by atoms with Gasteiger partial charge in [0.15, 0.2) is 0 Å². The van der Waals surface area contributed by atoms with Crippen molar-refractivity contribution in [2.45, 2.75) is 65.5 Å². The van der Waals surface area contributed by atoms with Crippen LogP contribution in [0.4, 0.5) is 5.69 Å². The van der Waals surface area contributed by atoms with Gasteiger partial charge in [-0.1, -0.05) is 75.1 Å². The molecule has 0 aliphatic rings. The summed E-state index contributed by atoms with van der Waals surface area (Å²) in [5.74, 6) is 1.04. The van der Waals surface area contributed by atoms with Crippen molar-refractivity contribution in [2.75, 3.05) is 18.0 Å². The second-order valence-electron chi connectivity index (χ2n) is 8.16. The fraction of sp³-hybridized carbons (Fsp3) is 0.444. The van der Waals surface area contributed by atoms with E-state index in [9.17, 15) is 0 Å². The standard InChI is InChI=1S/C27H38N4/c1-4-7-8-12-15-25(28-20-22-13-10-9-11-14-22)27-29-21-26(30-27)23-16-18-24(19-17-23)31(5-2)6-3/h9-11,13-14,16-19,21,25,28H,4-8,12,15,20H2,1-3H3,(H,29,30)/t25-/m0/s1. The Bertz CT molecular complexity index is 866. The van der Waals surface area contributed by atoms with Crippen molar-refractivity contribution in [3.63, 3.8) is 0 Å². The van der Waals surface area contributed by atoms with Gasteiger partial charge < -0.3 is 15.2 Å². The molecular weight excluding hydrogens is 380 g/mol. The maximum absolute atomic E-state index is 4.98. The number of unbranched alkanes of at least 4 members (excludes halogenated alkanes) is 3. The molecule has 1 heterocycles. The highest BCUT2D eigenvalue weighted by Crippen LogP contribution is 2.25. The number of imidazole rings is 1. The fourth-order valence-corrected chi connectivity index (χ4v) is 4.04. The Kier molecular flexibility index (Phi) is 9.16. The van der Waals surface area contributed by atoms with Crippen LogP contribution in [0, 0.1) is 0 Å². The largest absolute Gasteiger partial charge is 0.372 e. The van der Waals surface area contributed by atoms with Crippen LogP contribution in [0.25, 0.3) is 11.3 Å². The molecule has 166 valence electrons. The third kappa shape index (κ3) is 6.70. The Morgan fingerprint density at radius 2 is 1.65 bits per heavy atom. The number of nitrogens with zero attached hydrogens (tertiary/aromatic N) is 2. The number of hydrogen-bond acceptors (Lipinski definition) is 3. The number of benzene rings is 2. The van der Waals surface area contributed by atoms with E-state index in [0.29, 0.717) is 0 Å². The van der Waals surface area contributed by atoms with E-state index in [1.165, 1.54) is 36.9 Å². The molecule has 0 fully saturated rings. The van der Waals surface area contributed by atoms with E-state index in [0.717, 1.165) is 43.1 Å². The molecule has 4 heteroatoms. The Labute approximate surface area is 188 Å². The van der Waals surface area contributed by atoms with Gasteiger partial charge in [0.25, 0.3) is 0 Å². The molecule has 2 aromatic carbocycles. The van der Waals surface area contributed by atoms with E-state index in [1.807, 2.05) is 6.20 Å². The van der Waals surface area contributed by atoms with Gasteiger partial charge in [-0.2, -0.15) is 0 Å². The van der Waals surface area contributed by atoms with Crippen molar-refractivity contribution in [3.05, 3.63) is 72.2 Å². The van der Waals surface area contributed by atoms with E-state index in [4.69, 9.17) is 4.98 Å². The predicted molar refractivity (Wildman–Crippen MR) is 132 cm³/mol. The molecule has 0 saturated heterocycles. The van der Waals surface area contributed by atoms with Gasteiger partial charge in [0.2, 0.25) is 0 Å². The van der Waals surface area contributed by atoms with Crippen LogP contribution in [0.1, 0.15) is 70.3 Å². The highest BCUT2D eigenvalue weighted by molar-refractivity contribution is 5.62. The van der Waals surface area contributed by atoms with Crippen LogP contribution in [0.3, 0.4) is 0 Å². The third-order valence-corrected chi connectivity index (χ3v) is 5.96. The number of rotatable bonds is 13. The van der Waals surface area contributed by atoms with Crippen LogP contribution in [0.15, 0.2) is 60.8 Å². The van der Waals surface area contributed by atoms with Crippen molar-refractivity contribution in [1.82, 2.24) is 15.3 Å². The molecule has 0 bridgehead atoms. The summed E-state index contributed by atoms with van der Waals surface area (Å²) in [4.78, 5) is 10.8. The number of H-pyrrole nitrogens is 1. The smallest absolute Gasteiger partial charge is 0.124 e. The molecule has 0 aliphatic heterocycles. The Hall–Kier alpha value is -2.59. The summed E-state index contributed by atoms with van der Waals surface area (Å²) in [6, 6.07) is 19.6. The van der Waals surface area contributed by atoms with Gasteiger partial charge in [-0.05, 0) is 38.0 Å². The van der Waals surface area contributed by atoms with Crippen molar-refractivity contribution in [3.8, 4) is 11.3 Å². The summed E-state index contributed by atoms with van der Waals surface area (Å²) >= 11 is 0. The first-order chi connectivity index (χ1) is 15.2. The normalized spacial score (nSPS) is 12.1. The SMILES string of the molecule is CCCCCC[C@H](NCc1ccccc1)c1nc(-c2ccc(N(CC)CC)cc2)c[nH]1. The lowest BCUT2D eigenvalue weighted by molar-refractivity contribution is 0.453. The van der Waals surface area contributed by atoms with Crippen molar-refractivity contribution < 1.29 is 0 Å². The molecule has 1 aromatic heterocycles. The second kappa shape index (κ2) is 12.3. The summed E-state index contributed by atoms with van der Waals surface area (Å²) in [5, 5.41) is 3.73. The van der Waals surface area contributed by atoms with Crippen LogP contribution in [0.2, 0.25) is 0 Å². The van der Waals surface area contributed by atoms with E-state index < -0.39 is 0 Å². The monoisotopic (exact) mass is 418 g/mol. The van der Waals surface area contributed by atoms with Crippen LogP contribution in [-0.2, 0) is 6.54 Å². The van der Waals surface area contributed by atoms with Crippen LogP contribution >= 0.6 is 0 Å². The molecule has 0 amide bonds. The molecule has 0 spiro atoms. The van der Waals surface area contributed by atoms with Crippen LogP contribution < -0.4 is 10.2 Å². The minimum absolute atomic E-state index is 0.237. The quantitative estimate of drug-likeness (QED) is 0.303. The first-order valence-electron chi connectivity index (χ1n) is 11.9. The number of nitrogens with one attached hydrogen (secondary N) is 2. The molecule has 2 N–H and O–H groups in total. The van der Waals surface area contributed by atoms with Gasteiger partial charge >= 0.3 is 0 Å². The summed E-state index contributed by atoms with van der Waals surface area (Å²) in [6.07, 6.45) is 8.20. The zero-order chi connectivity index (χ0) is 21.9. The lowest BCUT2D eigenvalue weighted by Gasteiger charge is -2.21. The highest BCUT2D eigenvalue weighted by atomic mass is 15.1. The van der Waals surface area contributed by atoms with Crippen LogP contribution in [-0.4, -0.2) is 23.1 Å². The van der Waals surface area contributed by atoms with E-state index in [2.05, 4.69) is 90.6 Å². The van der Waals surface area contributed by atoms with Gasteiger partial charge in [0.05, 0.1) is 11.7 Å². The minimum Gasteiger partial charge on any atom is -0.372 e. The number of aromatic amines is 1. The maximum Gasteiger partial charge on any atom is 0.124 e. The predicted octanol–water partition coefficient (Wildman–Crippen LogP) is 6.72. The zero-order valence-corrected chi connectivity index (χ0v) is 19.4.